The van der Waals surface area contributed by atoms with E-state index in [9.17, 15) is 14.3 Å². The van der Waals surface area contributed by atoms with Gasteiger partial charge >= 0.3 is 5.97 Å². The molecule has 3 fully saturated rings. The van der Waals surface area contributed by atoms with Crippen LogP contribution in [0.25, 0.3) is 11.0 Å². The van der Waals surface area contributed by atoms with Gasteiger partial charge in [0.1, 0.15) is 24.0 Å². The molecule has 3 aliphatic rings. The van der Waals surface area contributed by atoms with E-state index in [-0.39, 0.29) is 24.1 Å². The number of imidazole rings is 1. The van der Waals surface area contributed by atoms with E-state index in [2.05, 4.69) is 32.3 Å². The molecule has 0 spiro atoms. The number of rotatable bonds is 9. The van der Waals surface area contributed by atoms with Crippen LogP contribution in [0.2, 0.25) is 0 Å². The zero-order valence-corrected chi connectivity index (χ0v) is 24.5. The maximum atomic E-state index is 14.7. The van der Waals surface area contributed by atoms with Crippen LogP contribution < -0.4 is 9.64 Å². The van der Waals surface area contributed by atoms with E-state index in [1.54, 1.807) is 24.3 Å². The average molecular weight is 595 g/mol. The number of anilines is 1. The zero-order chi connectivity index (χ0) is 30.0. The molecule has 1 saturated carbocycles. The largest absolute Gasteiger partial charge is 0.489 e. The second kappa shape index (κ2) is 12.3. The molecule has 0 unspecified atom stereocenters. The molecule has 226 valence electrons. The Labute approximate surface area is 256 Å². The van der Waals surface area contributed by atoms with E-state index >= 15 is 0 Å². The molecular weight excluding hydrogens is 559 g/mol. The fourth-order valence-electron chi connectivity index (χ4n) is 5.71. The first kappa shape index (κ1) is 28.4. The van der Waals surface area contributed by atoms with Gasteiger partial charge in [-0.25, -0.2) is 14.2 Å². The van der Waals surface area contributed by atoms with Gasteiger partial charge in [0.05, 0.1) is 35.8 Å². The third kappa shape index (κ3) is 6.42. The molecule has 1 aromatic heterocycles. The number of hydrogen-bond acceptors (Lipinski definition) is 6. The number of nitrogens with zero attached hydrogens (tertiary/aromatic N) is 4. The van der Waals surface area contributed by atoms with E-state index in [4.69, 9.17) is 14.5 Å². The molecule has 1 aliphatic carbocycles. The molecule has 1 atom stereocenters. The molecule has 0 bridgehead atoms. The summed E-state index contributed by atoms with van der Waals surface area (Å²) in [4.78, 5) is 21.2. The smallest absolute Gasteiger partial charge is 0.335 e. The number of aromatic carboxylic acids is 1. The number of piperazine rings is 1. The number of carboxylic acids is 1. The summed E-state index contributed by atoms with van der Waals surface area (Å²) in [5, 5.41) is 9.52. The second-order valence-corrected chi connectivity index (χ2v) is 11.8. The molecule has 2 aliphatic heterocycles. The van der Waals surface area contributed by atoms with E-state index in [0.29, 0.717) is 35.9 Å². The summed E-state index contributed by atoms with van der Waals surface area (Å²) in [5.41, 5.74) is 4.19. The van der Waals surface area contributed by atoms with Crippen molar-refractivity contribution < 1.29 is 23.8 Å². The van der Waals surface area contributed by atoms with Crippen molar-refractivity contribution in [3.63, 3.8) is 0 Å². The van der Waals surface area contributed by atoms with Crippen LogP contribution in [0.5, 0.6) is 5.75 Å². The summed E-state index contributed by atoms with van der Waals surface area (Å²) in [6.45, 7) is 5.67. The Bertz CT molecular complexity index is 1740. The minimum Gasteiger partial charge on any atom is -0.489 e. The Balaban J connectivity index is 0.975. The number of halogens is 1. The normalized spacial score (nSPS) is 18.5. The fraction of sp³-hybridized carbons (Fsp3) is 0.371. The zero-order valence-electron chi connectivity index (χ0n) is 24.5. The Morgan fingerprint density at radius 1 is 1.05 bits per heavy atom. The molecule has 4 aromatic rings. The van der Waals surface area contributed by atoms with Crippen molar-refractivity contribution in [2.24, 2.45) is 5.92 Å². The lowest BCUT2D eigenvalue weighted by atomic mass is 10.1. The highest BCUT2D eigenvalue weighted by Crippen LogP contribution is 2.28. The topological polar surface area (TPSA) is 80.1 Å². The number of carboxylic acid groups (broad SMARTS) is 1. The molecule has 44 heavy (non-hydrogen) atoms. The van der Waals surface area contributed by atoms with E-state index in [1.807, 2.05) is 24.3 Å². The third-order valence-electron chi connectivity index (χ3n) is 8.62. The molecule has 8 nitrogen and oxygen atoms in total. The van der Waals surface area contributed by atoms with E-state index in [0.717, 1.165) is 74.6 Å². The first-order valence-electron chi connectivity index (χ1n) is 15.3. The minimum absolute atomic E-state index is 0.132. The molecular formula is C35H35FN4O4. The molecule has 0 amide bonds. The number of fused-ring (bicyclic) bond motifs is 1. The SMILES string of the molecule is O=C(O)c1ccc2nc(CN3CCN(c4cccc(OCc5ccc(C#CC6CC6)cc5F)c4)CC3)n(C[C@@H]3CCO3)c2c1. The van der Waals surface area contributed by atoms with Crippen molar-refractivity contribution >= 4 is 22.7 Å². The van der Waals surface area contributed by atoms with E-state index < -0.39 is 5.97 Å². The Hall–Kier alpha value is -4.39. The van der Waals surface area contributed by atoms with Crippen LogP contribution in [0.4, 0.5) is 10.1 Å². The average Bonchev–Trinajstić information content (AvgIpc) is 3.78. The van der Waals surface area contributed by atoms with Crippen molar-refractivity contribution in [2.75, 3.05) is 37.7 Å². The first-order valence-corrected chi connectivity index (χ1v) is 15.3. The molecule has 3 heterocycles. The second-order valence-electron chi connectivity index (χ2n) is 11.8. The predicted octanol–water partition coefficient (Wildman–Crippen LogP) is 5.33. The van der Waals surface area contributed by atoms with Crippen molar-refractivity contribution in [3.05, 3.63) is 89.0 Å². The highest BCUT2D eigenvalue weighted by atomic mass is 19.1. The van der Waals surface area contributed by atoms with Gasteiger partial charge < -0.3 is 24.0 Å². The highest BCUT2D eigenvalue weighted by Gasteiger charge is 2.25. The maximum absolute atomic E-state index is 14.7. The summed E-state index contributed by atoms with van der Waals surface area (Å²) in [7, 11) is 0. The first-order chi connectivity index (χ1) is 21.5. The van der Waals surface area contributed by atoms with Crippen LogP contribution in [0.1, 0.15) is 46.6 Å². The number of benzene rings is 3. The van der Waals surface area contributed by atoms with Gasteiger partial charge in [-0.3, -0.25) is 4.90 Å². The van der Waals surface area contributed by atoms with Crippen LogP contribution in [0.15, 0.2) is 60.7 Å². The minimum atomic E-state index is -0.942. The van der Waals surface area contributed by atoms with Gasteiger partial charge in [0.25, 0.3) is 0 Å². The molecule has 0 radical (unpaired) electrons. The van der Waals surface area contributed by atoms with Crippen LogP contribution >= 0.6 is 0 Å². The monoisotopic (exact) mass is 594 g/mol. The van der Waals surface area contributed by atoms with Crippen LogP contribution in [0.3, 0.4) is 0 Å². The highest BCUT2D eigenvalue weighted by molar-refractivity contribution is 5.92. The van der Waals surface area contributed by atoms with Crippen LogP contribution in [0, 0.1) is 23.6 Å². The molecule has 1 N–H and O–H groups in total. The van der Waals surface area contributed by atoms with Crippen LogP contribution in [-0.4, -0.2) is 64.4 Å². The Morgan fingerprint density at radius 3 is 2.61 bits per heavy atom. The predicted molar refractivity (Wildman–Crippen MR) is 165 cm³/mol. The van der Waals surface area contributed by atoms with E-state index in [1.165, 1.54) is 6.07 Å². The van der Waals surface area contributed by atoms with Crippen molar-refractivity contribution in [3.8, 4) is 17.6 Å². The number of aromatic nitrogens is 2. The summed E-state index contributed by atoms with van der Waals surface area (Å²) >= 11 is 0. The molecule has 9 heteroatoms. The Morgan fingerprint density at radius 2 is 1.89 bits per heavy atom. The van der Waals surface area contributed by atoms with Gasteiger partial charge in [-0.1, -0.05) is 24.0 Å². The van der Waals surface area contributed by atoms with Gasteiger partial charge in [-0.2, -0.15) is 0 Å². The lowest BCUT2D eigenvalue weighted by Gasteiger charge is -2.36. The van der Waals surface area contributed by atoms with Gasteiger partial charge in [0.2, 0.25) is 0 Å². The summed E-state index contributed by atoms with van der Waals surface area (Å²) in [6.07, 6.45) is 3.42. The standard InChI is InChI=1S/C35H35FN4O4/c36-31-18-25(7-6-24-4-5-24)8-9-27(31)23-44-29-3-1-2-28(20-29)39-15-13-38(14-16-39)22-34-37-32-11-10-26(35(41)42)19-33(32)40(34)21-30-12-17-43-30/h1-3,8-11,18-20,24,30H,4-5,12-17,21-23H2,(H,41,42)/t30-/m0/s1. The summed E-state index contributed by atoms with van der Waals surface area (Å²) in [6, 6.07) is 18.2. The molecule has 2 saturated heterocycles. The van der Waals surface area contributed by atoms with Gasteiger partial charge in [0.15, 0.2) is 0 Å². The number of ether oxygens (including phenoxy) is 2. The lowest BCUT2D eigenvalue weighted by molar-refractivity contribution is -0.0592. The quantitative estimate of drug-likeness (QED) is 0.263. The Kier molecular flexibility index (Phi) is 7.94. The van der Waals surface area contributed by atoms with Crippen molar-refractivity contribution in [2.45, 2.75) is 45.1 Å². The van der Waals surface area contributed by atoms with Gasteiger partial charge in [-0.05, 0) is 61.7 Å². The van der Waals surface area contributed by atoms with Crippen molar-refractivity contribution in [1.82, 2.24) is 14.5 Å². The number of carbonyl (C=O) groups is 1. The maximum Gasteiger partial charge on any atom is 0.335 e. The van der Waals surface area contributed by atoms with Crippen LogP contribution in [-0.2, 0) is 24.4 Å². The van der Waals surface area contributed by atoms with Gasteiger partial charge in [0, 0.05) is 61.6 Å². The summed E-state index contributed by atoms with van der Waals surface area (Å²) < 4.78 is 28.5. The van der Waals surface area contributed by atoms with Gasteiger partial charge in [-0.15, -0.1) is 0 Å². The molecule has 7 rings (SSSR count). The van der Waals surface area contributed by atoms with Crippen molar-refractivity contribution in [1.29, 1.82) is 0 Å². The summed E-state index contributed by atoms with van der Waals surface area (Å²) in [5.74, 6) is 7.11. The number of hydrogen-bond donors (Lipinski definition) is 1. The lowest BCUT2D eigenvalue weighted by Crippen LogP contribution is -2.46. The molecule has 3 aromatic carbocycles. The fourth-order valence-corrected chi connectivity index (χ4v) is 5.71. The third-order valence-corrected chi connectivity index (χ3v) is 8.62.